The average Bonchev–Trinajstić information content (AvgIpc) is 2.43. The maximum absolute atomic E-state index is 12.3. The van der Waals surface area contributed by atoms with E-state index in [4.69, 9.17) is 5.73 Å². The second-order valence-corrected chi connectivity index (χ2v) is 5.35. The molecule has 0 aliphatic heterocycles. The zero-order chi connectivity index (χ0) is 15.8. The smallest absolute Gasteiger partial charge is 0.312 e. The van der Waals surface area contributed by atoms with Crippen LogP contribution in [0.4, 0.5) is 4.79 Å². The van der Waals surface area contributed by atoms with Crippen LogP contribution in [0.1, 0.15) is 31.9 Å². The van der Waals surface area contributed by atoms with Crippen LogP contribution in [0.15, 0.2) is 30.3 Å². The molecule has 0 spiro atoms. The number of primary amides is 1. The van der Waals surface area contributed by atoms with Crippen LogP contribution >= 0.6 is 0 Å². The number of benzene rings is 1. The van der Waals surface area contributed by atoms with Crippen LogP contribution < -0.4 is 16.4 Å². The molecule has 0 aliphatic rings. The molecule has 3 amide bonds. The Morgan fingerprint density at radius 3 is 2.29 bits per heavy atom. The molecule has 6 nitrogen and oxygen atoms in total. The maximum Gasteiger partial charge on any atom is 0.312 e. The molecule has 0 aromatic heterocycles. The van der Waals surface area contributed by atoms with E-state index in [2.05, 4.69) is 10.6 Å². The molecule has 21 heavy (non-hydrogen) atoms. The predicted octanol–water partition coefficient (Wildman–Crippen LogP) is 0.919. The topological polar surface area (TPSA) is 104 Å². The summed E-state index contributed by atoms with van der Waals surface area (Å²) in [6.45, 7) is 3.67. The first kappa shape index (κ1) is 17.0. The molecular weight excluding hydrogens is 270 g/mol. The van der Waals surface area contributed by atoms with E-state index in [1.807, 2.05) is 44.2 Å². The highest BCUT2D eigenvalue weighted by Gasteiger charge is 2.23. The zero-order valence-corrected chi connectivity index (χ0v) is 12.4. The highest BCUT2D eigenvalue weighted by molar-refractivity contribution is 5.86. The molecule has 1 rings (SSSR count). The molecule has 0 heterocycles. The van der Waals surface area contributed by atoms with Crippen LogP contribution in [-0.2, 0) is 4.79 Å². The first-order valence-electron chi connectivity index (χ1n) is 6.96. The predicted molar refractivity (Wildman–Crippen MR) is 80.4 cm³/mol. The molecule has 0 bridgehead atoms. The molecular formula is C15H23N3O3. The van der Waals surface area contributed by atoms with Gasteiger partial charge >= 0.3 is 6.03 Å². The number of hydrogen-bond acceptors (Lipinski definition) is 3. The van der Waals surface area contributed by atoms with Gasteiger partial charge in [0.25, 0.3) is 0 Å². The maximum atomic E-state index is 12.3. The standard InChI is InChI=1S/C15H23N3O3/c1-10(2)8-12(18-15(16)21)14(20)17-13(9-19)11-6-4-3-5-7-11/h3-7,10,12-13,19H,8-9H2,1-2H3,(H,17,20)(H3,16,18,21). The van der Waals surface area contributed by atoms with E-state index in [1.165, 1.54) is 0 Å². The Bertz CT molecular complexity index is 462. The lowest BCUT2D eigenvalue weighted by molar-refractivity contribution is -0.124. The normalized spacial score (nSPS) is 13.5. The van der Waals surface area contributed by atoms with Gasteiger partial charge in [-0.2, -0.15) is 0 Å². The average molecular weight is 293 g/mol. The van der Waals surface area contributed by atoms with Crippen molar-refractivity contribution in [3.63, 3.8) is 0 Å². The Hall–Kier alpha value is -2.08. The van der Waals surface area contributed by atoms with Crippen molar-refractivity contribution < 1.29 is 14.7 Å². The molecule has 116 valence electrons. The van der Waals surface area contributed by atoms with Crippen LogP contribution in [0.5, 0.6) is 0 Å². The molecule has 0 aliphatic carbocycles. The molecule has 0 radical (unpaired) electrons. The molecule has 1 aromatic carbocycles. The number of aliphatic hydroxyl groups excluding tert-OH is 1. The van der Waals surface area contributed by atoms with E-state index in [-0.39, 0.29) is 18.4 Å². The van der Waals surface area contributed by atoms with Gasteiger partial charge in [-0.3, -0.25) is 4.79 Å². The number of nitrogens with one attached hydrogen (secondary N) is 2. The Morgan fingerprint density at radius 1 is 1.19 bits per heavy atom. The van der Waals surface area contributed by atoms with Crippen molar-refractivity contribution in [2.45, 2.75) is 32.4 Å². The Kier molecular flexibility index (Phi) is 6.68. The van der Waals surface area contributed by atoms with Gasteiger partial charge in [-0.25, -0.2) is 4.79 Å². The Balaban J connectivity index is 2.76. The van der Waals surface area contributed by atoms with E-state index in [0.29, 0.717) is 6.42 Å². The van der Waals surface area contributed by atoms with Gasteiger partial charge in [0.15, 0.2) is 0 Å². The van der Waals surface area contributed by atoms with Crippen molar-refractivity contribution in [3.05, 3.63) is 35.9 Å². The number of aliphatic hydroxyl groups is 1. The van der Waals surface area contributed by atoms with Crippen molar-refractivity contribution >= 4 is 11.9 Å². The van der Waals surface area contributed by atoms with E-state index in [9.17, 15) is 14.7 Å². The van der Waals surface area contributed by atoms with Gasteiger partial charge in [-0.15, -0.1) is 0 Å². The van der Waals surface area contributed by atoms with Gasteiger partial charge in [-0.05, 0) is 17.9 Å². The summed E-state index contributed by atoms with van der Waals surface area (Å²) in [5.74, 6) is -0.137. The molecule has 6 heteroatoms. The fourth-order valence-corrected chi connectivity index (χ4v) is 2.07. The van der Waals surface area contributed by atoms with Crippen LogP contribution in [0.2, 0.25) is 0 Å². The summed E-state index contributed by atoms with van der Waals surface area (Å²) in [5, 5.41) is 14.6. The van der Waals surface area contributed by atoms with Crippen LogP contribution in [0.3, 0.4) is 0 Å². The molecule has 2 atom stereocenters. The lowest BCUT2D eigenvalue weighted by Crippen LogP contribution is -2.50. The molecule has 2 unspecified atom stereocenters. The minimum Gasteiger partial charge on any atom is -0.394 e. The fourth-order valence-electron chi connectivity index (χ4n) is 2.07. The third kappa shape index (κ3) is 5.83. The minimum absolute atomic E-state index is 0.219. The van der Waals surface area contributed by atoms with Crippen LogP contribution in [0, 0.1) is 5.92 Å². The first-order valence-corrected chi connectivity index (χ1v) is 6.96. The van der Waals surface area contributed by atoms with Crippen LogP contribution in [-0.4, -0.2) is 29.7 Å². The number of amides is 3. The van der Waals surface area contributed by atoms with Crippen molar-refractivity contribution in [3.8, 4) is 0 Å². The number of carbonyl (C=O) groups excluding carboxylic acids is 2. The zero-order valence-electron chi connectivity index (χ0n) is 12.4. The summed E-state index contributed by atoms with van der Waals surface area (Å²) in [4.78, 5) is 23.3. The number of nitrogens with two attached hydrogens (primary N) is 1. The Labute approximate surface area is 124 Å². The van der Waals surface area contributed by atoms with Gasteiger partial charge in [0.05, 0.1) is 12.6 Å². The minimum atomic E-state index is -0.740. The monoisotopic (exact) mass is 293 g/mol. The molecule has 5 N–H and O–H groups in total. The third-order valence-electron chi connectivity index (χ3n) is 3.04. The molecule has 0 fully saturated rings. The number of hydrogen-bond donors (Lipinski definition) is 4. The number of rotatable bonds is 7. The summed E-state index contributed by atoms with van der Waals surface area (Å²) in [7, 11) is 0. The van der Waals surface area contributed by atoms with Crippen molar-refractivity contribution in [1.29, 1.82) is 0 Å². The third-order valence-corrected chi connectivity index (χ3v) is 3.04. The van der Waals surface area contributed by atoms with E-state index < -0.39 is 18.1 Å². The van der Waals surface area contributed by atoms with Crippen molar-refractivity contribution in [2.75, 3.05) is 6.61 Å². The SMILES string of the molecule is CC(C)CC(NC(N)=O)C(=O)NC(CO)c1ccccc1. The Morgan fingerprint density at radius 2 is 1.81 bits per heavy atom. The summed E-state index contributed by atoms with van der Waals surface area (Å²) in [5.41, 5.74) is 5.90. The highest BCUT2D eigenvalue weighted by Crippen LogP contribution is 2.13. The summed E-state index contributed by atoms with van der Waals surface area (Å²) >= 11 is 0. The van der Waals surface area contributed by atoms with Gasteiger partial charge in [0.1, 0.15) is 6.04 Å². The lowest BCUT2D eigenvalue weighted by Gasteiger charge is -2.23. The second-order valence-electron chi connectivity index (χ2n) is 5.35. The van der Waals surface area contributed by atoms with Crippen molar-refractivity contribution in [2.24, 2.45) is 11.7 Å². The summed E-state index contributed by atoms with van der Waals surface area (Å²) in [6.07, 6.45) is 0.474. The molecule has 0 saturated carbocycles. The summed E-state index contributed by atoms with van der Waals surface area (Å²) < 4.78 is 0. The molecule has 0 saturated heterocycles. The highest BCUT2D eigenvalue weighted by atomic mass is 16.3. The van der Waals surface area contributed by atoms with E-state index in [1.54, 1.807) is 0 Å². The van der Waals surface area contributed by atoms with E-state index >= 15 is 0 Å². The van der Waals surface area contributed by atoms with Gasteiger partial charge in [0.2, 0.25) is 5.91 Å². The van der Waals surface area contributed by atoms with Gasteiger partial charge < -0.3 is 21.5 Å². The molecule has 1 aromatic rings. The largest absolute Gasteiger partial charge is 0.394 e. The lowest BCUT2D eigenvalue weighted by atomic mass is 10.0. The van der Waals surface area contributed by atoms with Crippen LogP contribution in [0.25, 0.3) is 0 Å². The first-order chi connectivity index (χ1) is 9.93. The quantitative estimate of drug-likeness (QED) is 0.601. The van der Waals surface area contributed by atoms with E-state index in [0.717, 1.165) is 5.56 Å². The number of urea groups is 1. The fraction of sp³-hybridized carbons (Fsp3) is 0.467. The summed E-state index contributed by atoms with van der Waals surface area (Å²) in [6, 6.07) is 7.20. The number of carbonyl (C=O) groups is 2. The van der Waals surface area contributed by atoms with Gasteiger partial charge in [0, 0.05) is 0 Å². The second kappa shape index (κ2) is 8.26. The van der Waals surface area contributed by atoms with Gasteiger partial charge in [-0.1, -0.05) is 44.2 Å². The van der Waals surface area contributed by atoms with Crippen molar-refractivity contribution in [1.82, 2.24) is 10.6 Å².